The first-order valence-electron chi connectivity index (χ1n) is 7.35. The molecule has 0 bridgehead atoms. The van der Waals surface area contributed by atoms with E-state index >= 15 is 0 Å². The summed E-state index contributed by atoms with van der Waals surface area (Å²) in [5, 5.41) is 3.58. The fraction of sp³-hybridized carbons (Fsp3) is 1.00. The Morgan fingerprint density at radius 1 is 1.39 bits per heavy atom. The molecule has 1 aliphatic heterocycles. The number of nitrogens with zero attached hydrogens (tertiary/aromatic N) is 1. The maximum Gasteiger partial charge on any atom is 0.0503 e. The minimum Gasteiger partial charge on any atom is -0.384 e. The number of nitrogens with one attached hydrogen (secondary N) is 1. The van der Waals surface area contributed by atoms with Gasteiger partial charge in [-0.15, -0.1) is 0 Å². The van der Waals surface area contributed by atoms with Crippen molar-refractivity contribution in [1.29, 1.82) is 0 Å². The van der Waals surface area contributed by atoms with Crippen LogP contribution in [0, 0.1) is 17.3 Å². The van der Waals surface area contributed by atoms with Gasteiger partial charge in [0.05, 0.1) is 6.61 Å². The highest BCUT2D eigenvalue weighted by molar-refractivity contribution is 4.82. The summed E-state index contributed by atoms with van der Waals surface area (Å²) in [4.78, 5) is 2.60. The van der Waals surface area contributed by atoms with Gasteiger partial charge in [-0.05, 0) is 36.8 Å². The molecule has 1 rings (SSSR count). The van der Waals surface area contributed by atoms with E-state index in [1.54, 1.807) is 0 Å². The van der Waals surface area contributed by atoms with Crippen LogP contribution in [0.15, 0.2) is 0 Å². The van der Waals surface area contributed by atoms with E-state index < -0.39 is 0 Å². The van der Waals surface area contributed by atoms with Crippen molar-refractivity contribution in [2.75, 3.05) is 46.4 Å². The first-order chi connectivity index (χ1) is 8.43. The van der Waals surface area contributed by atoms with Crippen molar-refractivity contribution in [1.82, 2.24) is 10.2 Å². The lowest BCUT2D eigenvalue weighted by Gasteiger charge is -2.31. The molecule has 0 aromatic rings. The van der Waals surface area contributed by atoms with Crippen LogP contribution in [0.3, 0.4) is 0 Å². The van der Waals surface area contributed by atoms with Crippen molar-refractivity contribution in [3.8, 4) is 0 Å². The molecule has 108 valence electrons. The quantitative estimate of drug-likeness (QED) is 0.721. The second-order valence-electron chi connectivity index (χ2n) is 7.03. The summed E-state index contributed by atoms with van der Waals surface area (Å²) < 4.78 is 5.26. The highest BCUT2D eigenvalue weighted by Gasteiger charge is 2.27. The second-order valence-corrected chi connectivity index (χ2v) is 7.03. The molecule has 18 heavy (non-hydrogen) atoms. The van der Waals surface area contributed by atoms with Crippen LogP contribution in [-0.4, -0.2) is 51.3 Å². The van der Waals surface area contributed by atoms with Crippen LogP contribution in [-0.2, 0) is 4.74 Å². The van der Waals surface area contributed by atoms with Gasteiger partial charge in [0.15, 0.2) is 0 Å². The molecule has 0 spiro atoms. The molecule has 1 saturated heterocycles. The number of hydrogen-bond donors (Lipinski definition) is 1. The SMILES string of the molecule is COCC1CCN(CC(C)(C)CNCC(C)C)C1. The lowest BCUT2D eigenvalue weighted by atomic mass is 9.92. The predicted octanol–water partition coefficient (Wildman–Crippen LogP) is 2.23. The smallest absolute Gasteiger partial charge is 0.0503 e. The summed E-state index contributed by atoms with van der Waals surface area (Å²) in [6.07, 6.45) is 1.29. The molecule has 0 amide bonds. The molecule has 3 heteroatoms. The van der Waals surface area contributed by atoms with Crippen molar-refractivity contribution >= 4 is 0 Å². The van der Waals surface area contributed by atoms with Gasteiger partial charge in [-0.25, -0.2) is 0 Å². The summed E-state index contributed by atoms with van der Waals surface area (Å²) in [5.74, 6) is 1.48. The van der Waals surface area contributed by atoms with Crippen molar-refractivity contribution in [3.05, 3.63) is 0 Å². The number of rotatable bonds is 8. The largest absolute Gasteiger partial charge is 0.384 e. The zero-order chi connectivity index (χ0) is 13.6. The van der Waals surface area contributed by atoms with Crippen LogP contribution >= 0.6 is 0 Å². The van der Waals surface area contributed by atoms with Gasteiger partial charge in [-0.1, -0.05) is 27.7 Å². The Morgan fingerprint density at radius 2 is 2.11 bits per heavy atom. The minimum absolute atomic E-state index is 0.358. The molecule has 1 aliphatic rings. The van der Waals surface area contributed by atoms with Crippen molar-refractivity contribution in [2.24, 2.45) is 17.3 Å². The van der Waals surface area contributed by atoms with E-state index in [2.05, 4.69) is 37.9 Å². The van der Waals surface area contributed by atoms with Crippen LogP contribution in [0.1, 0.15) is 34.1 Å². The summed E-state index contributed by atoms with van der Waals surface area (Å²) in [6, 6.07) is 0. The highest BCUT2D eigenvalue weighted by Crippen LogP contribution is 2.22. The Labute approximate surface area is 113 Å². The van der Waals surface area contributed by atoms with E-state index in [4.69, 9.17) is 4.74 Å². The Morgan fingerprint density at radius 3 is 2.72 bits per heavy atom. The first kappa shape index (κ1) is 15.9. The summed E-state index contributed by atoms with van der Waals surface area (Å²) >= 11 is 0. The molecule has 0 saturated carbocycles. The molecule has 1 unspecified atom stereocenters. The van der Waals surface area contributed by atoms with E-state index in [-0.39, 0.29) is 0 Å². The molecular formula is C15H32N2O. The maximum absolute atomic E-state index is 5.26. The fourth-order valence-corrected chi connectivity index (χ4v) is 2.79. The Kier molecular flexibility index (Phi) is 6.61. The molecule has 0 aromatic heterocycles. The summed E-state index contributed by atoms with van der Waals surface area (Å²) in [5.41, 5.74) is 0.358. The van der Waals surface area contributed by atoms with Gasteiger partial charge in [-0.2, -0.15) is 0 Å². The monoisotopic (exact) mass is 256 g/mol. The van der Waals surface area contributed by atoms with Gasteiger partial charge >= 0.3 is 0 Å². The fourth-order valence-electron chi connectivity index (χ4n) is 2.79. The van der Waals surface area contributed by atoms with E-state index in [0.717, 1.165) is 31.5 Å². The molecule has 3 nitrogen and oxygen atoms in total. The molecule has 1 heterocycles. The zero-order valence-corrected chi connectivity index (χ0v) is 13.0. The van der Waals surface area contributed by atoms with Crippen LogP contribution in [0.25, 0.3) is 0 Å². The first-order valence-corrected chi connectivity index (χ1v) is 7.35. The van der Waals surface area contributed by atoms with Gasteiger partial charge in [0, 0.05) is 26.7 Å². The summed E-state index contributed by atoms with van der Waals surface area (Å²) in [7, 11) is 1.81. The van der Waals surface area contributed by atoms with Crippen LogP contribution < -0.4 is 5.32 Å². The zero-order valence-electron chi connectivity index (χ0n) is 13.0. The average molecular weight is 256 g/mol. The van der Waals surface area contributed by atoms with Crippen molar-refractivity contribution in [2.45, 2.75) is 34.1 Å². The number of methoxy groups -OCH3 is 1. The topological polar surface area (TPSA) is 24.5 Å². The standard InChI is InChI=1S/C15H32N2O/c1-13(2)8-16-11-15(3,4)12-17-7-6-14(9-17)10-18-5/h13-14,16H,6-12H2,1-5H3. The van der Waals surface area contributed by atoms with Gasteiger partial charge in [0.2, 0.25) is 0 Å². The lowest BCUT2D eigenvalue weighted by molar-refractivity contribution is 0.144. The molecule has 0 aromatic carbocycles. The van der Waals surface area contributed by atoms with Gasteiger partial charge in [0.25, 0.3) is 0 Å². The van der Waals surface area contributed by atoms with Crippen LogP contribution in [0.2, 0.25) is 0 Å². The second kappa shape index (κ2) is 7.46. The van der Waals surface area contributed by atoms with Gasteiger partial charge in [-0.3, -0.25) is 0 Å². The molecule has 0 aliphatic carbocycles. The van der Waals surface area contributed by atoms with Crippen LogP contribution in [0.5, 0.6) is 0 Å². The maximum atomic E-state index is 5.26. The Hall–Kier alpha value is -0.120. The molecule has 0 radical (unpaired) electrons. The predicted molar refractivity (Wildman–Crippen MR) is 77.9 cm³/mol. The lowest BCUT2D eigenvalue weighted by Crippen LogP contribution is -2.40. The highest BCUT2D eigenvalue weighted by atomic mass is 16.5. The molecular weight excluding hydrogens is 224 g/mol. The Balaban J connectivity index is 2.23. The molecule has 1 fully saturated rings. The van der Waals surface area contributed by atoms with Gasteiger partial charge < -0.3 is 15.0 Å². The van der Waals surface area contributed by atoms with Gasteiger partial charge in [0.1, 0.15) is 0 Å². The molecule has 1 atom stereocenters. The number of ether oxygens (including phenoxy) is 1. The third-order valence-corrected chi connectivity index (χ3v) is 3.58. The normalized spacial score (nSPS) is 22.0. The van der Waals surface area contributed by atoms with Crippen molar-refractivity contribution in [3.63, 3.8) is 0 Å². The third kappa shape index (κ3) is 6.17. The molecule has 1 N–H and O–H groups in total. The number of hydrogen-bond acceptors (Lipinski definition) is 3. The van der Waals surface area contributed by atoms with E-state index in [1.165, 1.54) is 26.1 Å². The Bertz CT molecular complexity index is 229. The van der Waals surface area contributed by atoms with Crippen LogP contribution in [0.4, 0.5) is 0 Å². The van der Waals surface area contributed by atoms with Crippen molar-refractivity contribution < 1.29 is 4.74 Å². The minimum atomic E-state index is 0.358. The number of likely N-dealkylation sites (tertiary alicyclic amines) is 1. The average Bonchev–Trinajstić information content (AvgIpc) is 2.64. The summed E-state index contributed by atoms with van der Waals surface area (Å²) in [6.45, 7) is 16.0. The van der Waals surface area contributed by atoms with E-state index in [1.807, 2.05) is 7.11 Å². The van der Waals surface area contributed by atoms with E-state index in [9.17, 15) is 0 Å². The van der Waals surface area contributed by atoms with E-state index in [0.29, 0.717) is 5.41 Å². The third-order valence-electron chi connectivity index (χ3n) is 3.58.